The summed E-state index contributed by atoms with van der Waals surface area (Å²) in [4.78, 5) is 35.9. The number of nitrogens with zero attached hydrogens (tertiary/aromatic N) is 2. The molecule has 2 fully saturated rings. The Hall–Kier alpha value is -4.05. The van der Waals surface area contributed by atoms with Crippen LogP contribution in [0.25, 0.3) is 21.8 Å². The van der Waals surface area contributed by atoms with Crippen molar-refractivity contribution < 1.29 is 37.7 Å². The highest BCUT2D eigenvalue weighted by molar-refractivity contribution is 6.06. The van der Waals surface area contributed by atoms with Crippen LogP contribution in [-0.2, 0) is 14.3 Å². The molecule has 1 N–H and O–H groups in total. The Labute approximate surface area is 280 Å². The van der Waals surface area contributed by atoms with E-state index in [1.54, 1.807) is 12.1 Å². The lowest BCUT2D eigenvalue weighted by Crippen LogP contribution is -2.25. The van der Waals surface area contributed by atoms with E-state index in [0.29, 0.717) is 52.5 Å². The van der Waals surface area contributed by atoms with E-state index in [1.807, 2.05) is 18.4 Å². The summed E-state index contributed by atoms with van der Waals surface area (Å²) in [5.41, 5.74) is 4.03. The van der Waals surface area contributed by atoms with Crippen molar-refractivity contribution >= 4 is 39.5 Å². The molecule has 2 atom stereocenters. The number of aromatic nitrogens is 2. The fraction of sp³-hybridized carbons (Fsp3) is 0.500. The predicted octanol–water partition coefficient (Wildman–Crippen LogP) is 8.18. The molecule has 48 heavy (non-hydrogen) atoms. The molecule has 0 unspecified atom stereocenters. The number of aliphatic hydroxyl groups excluding tert-OH is 1. The van der Waals surface area contributed by atoms with Gasteiger partial charge in [-0.2, -0.15) is 0 Å². The standard InChI is InChI=1S/C19H24FNO3.C19H22FNO3/c2*1-11(13-4-7-15(22)8-5-13)21-12(2)18(19(23)24-3)16-9-6-14(20)10-17(16)21/h6,9-11,13,15,22H,4-5,7-8H2,1-3H3;6,9-11,13H,4-5,7-8H2,1-3H3/t11-,13?,15?;11-/m11/s1. The van der Waals surface area contributed by atoms with Crippen LogP contribution in [-0.4, -0.2) is 52.3 Å². The summed E-state index contributed by atoms with van der Waals surface area (Å²) < 4.78 is 41.6. The summed E-state index contributed by atoms with van der Waals surface area (Å²) in [6.07, 6.45) is 6.13. The second-order valence-electron chi connectivity index (χ2n) is 13.4. The van der Waals surface area contributed by atoms with Gasteiger partial charge < -0.3 is 23.7 Å². The summed E-state index contributed by atoms with van der Waals surface area (Å²) in [5.74, 6) is -0.397. The molecule has 0 aliphatic heterocycles. The fourth-order valence-electron chi connectivity index (χ4n) is 8.04. The van der Waals surface area contributed by atoms with Crippen LogP contribution in [0.4, 0.5) is 8.78 Å². The maximum absolute atomic E-state index is 13.8. The van der Waals surface area contributed by atoms with E-state index in [2.05, 4.69) is 18.4 Å². The molecule has 2 aliphatic rings. The first kappa shape index (κ1) is 35.3. The van der Waals surface area contributed by atoms with E-state index in [9.17, 15) is 28.3 Å². The molecule has 0 radical (unpaired) electrons. The molecule has 0 saturated heterocycles. The third-order valence-electron chi connectivity index (χ3n) is 10.7. The smallest absolute Gasteiger partial charge is 0.340 e. The first-order chi connectivity index (χ1) is 22.9. The van der Waals surface area contributed by atoms with Gasteiger partial charge in [-0.3, -0.25) is 4.79 Å². The van der Waals surface area contributed by atoms with E-state index in [4.69, 9.17) is 9.47 Å². The zero-order valence-corrected chi connectivity index (χ0v) is 28.6. The Morgan fingerprint density at radius 2 is 1.12 bits per heavy atom. The molecular weight excluding hydrogens is 618 g/mol. The van der Waals surface area contributed by atoms with Gasteiger partial charge in [-0.15, -0.1) is 0 Å². The Kier molecular flexibility index (Phi) is 10.7. The topological polar surface area (TPSA) is 99.8 Å². The lowest BCUT2D eigenvalue weighted by atomic mass is 9.83. The SMILES string of the molecule is COC(=O)c1c(C)n([C@H](C)C2CCC(=O)CC2)c2cc(F)ccc12.COC(=O)c1c(C)n([C@H](C)C2CCC(O)CC2)c2cc(F)ccc12. The van der Waals surface area contributed by atoms with Gasteiger partial charge in [0.25, 0.3) is 0 Å². The van der Waals surface area contributed by atoms with Crippen LogP contribution < -0.4 is 0 Å². The van der Waals surface area contributed by atoms with Gasteiger partial charge in [0.2, 0.25) is 0 Å². The summed E-state index contributed by atoms with van der Waals surface area (Å²) >= 11 is 0. The van der Waals surface area contributed by atoms with Gasteiger partial charge >= 0.3 is 11.9 Å². The summed E-state index contributed by atoms with van der Waals surface area (Å²) in [7, 11) is 2.71. The number of benzene rings is 2. The minimum absolute atomic E-state index is 0.0841. The van der Waals surface area contributed by atoms with E-state index in [0.717, 1.165) is 60.8 Å². The lowest BCUT2D eigenvalue weighted by molar-refractivity contribution is -0.121. The van der Waals surface area contributed by atoms with Crippen molar-refractivity contribution in [2.24, 2.45) is 11.8 Å². The number of carbonyl (C=O) groups excluding carboxylic acids is 3. The fourth-order valence-corrected chi connectivity index (χ4v) is 8.04. The van der Waals surface area contributed by atoms with Gasteiger partial charge in [-0.25, -0.2) is 18.4 Å². The van der Waals surface area contributed by atoms with Crippen LogP contribution in [0.3, 0.4) is 0 Å². The zero-order chi connectivity index (χ0) is 34.9. The maximum Gasteiger partial charge on any atom is 0.340 e. The third kappa shape index (κ3) is 6.77. The molecule has 2 aliphatic carbocycles. The number of carbonyl (C=O) groups is 3. The first-order valence-corrected chi connectivity index (χ1v) is 16.8. The van der Waals surface area contributed by atoms with Crippen LogP contribution in [0.15, 0.2) is 36.4 Å². The molecule has 0 spiro atoms. The Balaban J connectivity index is 0.000000188. The molecule has 10 heteroatoms. The summed E-state index contributed by atoms with van der Waals surface area (Å²) in [5, 5.41) is 11.2. The van der Waals surface area contributed by atoms with Crippen LogP contribution in [0.5, 0.6) is 0 Å². The predicted molar refractivity (Wildman–Crippen MR) is 180 cm³/mol. The molecule has 0 bridgehead atoms. The molecule has 2 saturated carbocycles. The van der Waals surface area contributed by atoms with E-state index < -0.39 is 11.9 Å². The number of esters is 2. The summed E-state index contributed by atoms with van der Waals surface area (Å²) in [6.45, 7) is 7.95. The average Bonchev–Trinajstić information content (AvgIpc) is 3.52. The van der Waals surface area contributed by atoms with E-state index in [-0.39, 0.29) is 29.8 Å². The van der Waals surface area contributed by atoms with Gasteiger partial charge in [0.05, 0.1) is 42.5 Å². The monoisotopic (exact) mass is 664 g/mol. The molecule has 8 nitrogen and oxygen atoms in total. The largest absolute Gasteiger partial charge is 0.465 e. The molecule has 258 valence electrons. The molecule has 2 aromatic carbocycles. The Morgan fingerprint density at radius 3 is 1.52 bits per heavy atom. The molecule has 6 rings (SSSR count). The second-order valence-corrected chi connectivity index (χ2v) is 13.4. The minimum Gasteiger partial charge on any atom is -0.465 e. The van der Waals surface area contributed by atoms with Crippen LogP contribution in [0, 0.1) is 37.3 Å². The van der Waals surface area contributed by atoms with Gasteiger partial charge in [0.15, 0.2) is 0 Å². The number of halogens is 2. The number of aliphatic hydroxyl groups is 1. The lowest BCUT2D eigenvalue weighted by Gasteiger charge is -2.32. The van der Waals surface area contributed by atoms with Gasteiger partial charge in [0, 0.05) is 47.1 Å². The first-order valence-electron chi connectivity index (χ1n) is 16.8. The highest BCUT2D eigenvalue weighted by atomic mass is 19.1. The van der Waals surface area contributed by atoms with Gasteiger partial charge in [-0.1, -0.05) is 0 Å². The van der Waals surface area contributed by atoms with Crippen molar-refractivity contribution in [3.05, 3.63) is 70.5 Å². The highest BCUT2D eigenvalue weighted by Crippen LogP contribution is 2.39. The molecule has 4 aromatic rings. The molecule has 2 heterocycles. The highest BCUT2D eigenvalue weighted by Gasteiger charge is 2.31. The van der Waals surface area contributed by atoms with Crippen LogP contribution in [0.2, 0.25) is 0 Å². The summed E-state index contributed by atoms with van der Waals surface area (Å²) in [6, 6.07) is 9.20. The number of hydrogen-bond donors (Lipinski definition) is 1. The minimum atomic E-state index is -0.408. The Morgan fingerprint density at radius 1 is 0.729 bits per heavy atom. The Bertz CT molecular complexity index is 1820. The van der Waals surface area contributed by atoms with Crippen molar-refractivity contribution in [3.8, 4) is 0 Å². The number of Topliss-reactive ketones (excluding diaryl/α,β-unsaturated/α-hetero) is 1. The van der Waals surface area contributed by atoms with Crippen molar-refractivity contribution in [2.45, 2.75) is 97.2 Å². The normalized spacial score (nSPS) is 19.9. The van der Waals surface area contributed by atoms with Crippen molar-refractivity contribution in [3.63, 3.8) is 0 Å². The van der Waals surface area contributed by atoms with Crippen molar-refractivity contribution in [2.75, 3.05) is 14.2 Å². The van der Waals surface area contributed by atoms with Gasteiger partial charge in [-0.05, 0) is 114 Å². The average molecular weight is 665 g/mol. The van der Waals surface area contributed by atoms with Crippen molar-refractivity contribution in [1.29, 1.82) is 0 Å². The number of fused-ring (bicyclic) bond motifs is 2. The maximum atomic E-state index is 13.8. The zero-order valence-electron chi connectivity index (χ0n) is 28.6. The molecular formula is C38H46F2N2O6. The van der Waals surface area contributed by atoms with Crippen LogP contribution >= 0.6 is 0 Å². The van der Waals surface area contributed by atoms with Crippen LogP contribution in [0.1, 0.15) is 109 Å². The van der Waals surface area contributed by atoms with E-state index in [1.165, 1.54) is 38.5 Å². The molecule has 0 amide bonds. The quantitative estimate of drug-likeness (QED) is 0.209. The number of rotatable bonds is 6. The third-order valence-corrected chi connectivity index (χ3v) is 10.7. The number of hydrogen-bond acceptors (Lipinski definition) is 6. The molecule has 2 aromatic heterocycles. The number of ketones is 1. The van der Waals surface area contributed by atoms with Gasteiger partial charge in [0.1, 0.15) is 17.4 Å². The number of methoxy groups -OCH3 is 2. The second kappa shape index (κ2) is 14.6. The van der Waals surface area contributed by atoms with E-state index >= 15 is 0 Å². The number of ether oxygens (including phenoxy) is 2. The van der Waals surface area contributed by atoms with Crippen molar-refractivity contribution in [1.82, 2.24) is 9.13 Å².